The Morgan fingerprint density at radius 2 is 1.68 bits per heavy atom. The molecule has 0 bridgehead atoms. The third-order valence-electron chi connectivity index (χ3n) is 3.54. The van der Waals surface area contributed by atoms with Crippen LogP contribution in [0.15, 0.2) is 48.5 Å². The molecule has 2 nitrogen and oxygen atoms in total. The zero-order valence-corrected chi connectivity index (χ0v) is 11.3. The fraction of sp³-hybridized carbons (Fsp3) is 0.176. The Balaban J connectivity index is 2.28. The van der Waals surface area contributed by atoms with Gasteiger partial charge in [0.15, 0.2) is 0 Å². The average molecular weight is 250 g/mol. The number of benzene rings is 2. The summed E-state index contributed by atoms with van der Waals surface area (Å²) >= 11 is 0. The molecule has 0 radical (unpaired) electrons. The molecule has 1 aromatic heterocycles. The SMILES string of the molecule is Cc1ccc(-c2[nH]c3ccccc3c2C(C)N)cc1. The predicted molar refractivity (Wildman–Crippen MR) is 81.1 cm³/mol. The predicted octanol–water partition coefficient (Wildman–Crippen LogP) is 4.16. The molecule has 1 atom stereocenters. The molecule has 0 fully saturated rings. The third kappa shape index (κ3) is 2.04. The summed E-state index contributed by atoms with van der Waals surface area (Å²) in [5, 5.41) is 1.22. The molecule has 1 unspecified atom stereocenters. The van der Waals surface area contributed by atoms with Crippen LogP contribution in [0.2, 0.25) is 0 Å². The molecule has 19 heavy (non-hydrogen) atoms. The van der Waals surface area contributed by atoms with E-state index in [4.69, 9.17) is 5.73 Å². The number of nitrogens with two attached hydrogens (primary N) is 1. The maximum atomic E-state index is 6.17. The number of aromatic amines is 1. The average Bonchev–Trinajstić information content (AvgIpc) is 2.78. The van der Waals surface area contributed by atoms with Gasteiger partial charge in [0.1, 0.15) is 0 Å². The van der Waals surface area contributed by atoms with E-state index in [9.17, 15) is 0 Å². The maximum Gasteiger partial charge on any atom is 0.0513 e. The van der Waals surface area contributed by atoms with E-state index in [1.165, 1.54) is 22.1 Å². The topological polar surface area (TPSA) is 41.8 Å². The van der Waals surface area contributed by atoms with Crippen molar-refractivity contribution in [3.8, 4) is 11.3 Å². The molecule has 3 aromatic rings. The summed E-state index contributed by atoms with van der Waals surface area (Å²) in [5.41, 5.74) is 12.1. The lowest BCUT2D eigenvalue weighted by atomic mass is 10.00. The van der Waals surface area contributed by atoms with E-state index in [2.05, 4.69) is 54.4 Å². The third-order valence-corrected chi connectivity index (χ3v) is 3.54. The molecular weight excluding hydrogens is 232 g/mol. The normalized spacial score (nSPS) is 12.8. The Morgan fingerprint density at radius 1 is 1.00 bits per heavy atom. The van der Waals surface area contributed by atoms with Crippen LogP contribution in [0.5, 0.6) is 0 Å². The number of nitrogens with one attached hydrogen (secondary N) is 1. The highest BCUT2D eigenvalue weighted by atomic mass is 14.7. The van der Waals surface area contributed by atoms with Crippen LogP contribution in [0.3, 0.4) is 0 Å². The Hall–Kier alpha value is -2.06. The summed E-state index contributed by atoms with van der Waals surface area (Å²) in [4.78, 5) is 3.50. The fourth-order valence-electron chi connectivity index (χ4n) is 2.58. The Kier molecular flexibility index (Phi) is 2.88. The van der Waals surface area contributed by atoms with Crippen molar-refractivity contribution in [2.45, 2.75) is 19.9 Å². The van der Waals surface area contributed by atoms with E-state index in [1.807, 2.05) is 13.0 Å². The molecule has 0 saturated carbocycles. The molecule has 3 rings (SSSR count). The standard InChI is InChI=1S/C17H18N2/c1-11-7-9-13(10-8-11)17-16(12(2)18)14-5-3-4-6-15(14)19-17/h3-10,12,19H,18H2,1-2H3. The lowest BCUT2D eigenvalue weighted by Gasteiger charge is -2.09. The minimum absolute atomic E-state index is 0.00690. The van der Waals surface area contributed by atoms with Crippen molar-refractivity contribution >= 4 is 10.9 Å². The van der Waals surface area contributed by atoms with Gasteiger partial charge >= 0.3 is 0 Å². The zero-order valence-electron chi connectivity index (χ0n) is 11.3. The quantitative estimate of drug-likeness (QED) is 0.704. The van der Waals surface area contributed by atoms with E-state index in [-0.39, 0.29) is 6.04 Å². The van der Waals surface area contributed by atoms with E-state index in [0.29, 0.717) is 0 Å². The van der Waals surface area contributed by atoms with Crippen molar-refractivity contribution in [2.24, 2.45) is 5.73 Å². The molecular formula is C17H18N2. The van der Waals surface area contributed by atoms with Crippen LogP contribution in [0.25, 0.3) is 22.2 Å². The van der Waals surface area contributed by atoms with Gasteiger partial charge in [-0.1, -0.05) is 48.0 Å². The summed E-state index contributed by atoms with van der Waals surface area (Å²) in [6, 6.07) is 16.9. The second-order valence-corrected chi connectivity index (χ2v) is 5.11. The van der Waals surface area contributed by atoms with Gasteiger partial charge in [-0.15, -0.1) is 0 Å². The first kappa shape index (κ1) is 12.0. The zero-order chi connectivity index (χ0) is 13.4. The second-order valence-electron chi connectivity index (χ2n) is 5.11. The summed E-state index contributed by atoms with van der Waals surface area (Å²) < 4.78 is 0. The monoisotopic (exact) mass is 250 g/mol. The van der Waals surface area contributed by atoms with Gasteiger partial charge in [0.25, 0.3) is 0 Å². The molecule has 3 N–H and O–H groups in total. The van der Waals surface area contributed by atoms with Crippen LogP contribution < -0.4 is 5.73 Å². The number of H-pyrrole nitrogens is 1. The first-order valence-electron chi connectivity index (χ1n) is 6.60. The van der Waals surface area contributed by atoms with E-state index in [0.717, 1.165) is 11.2 Å². The van der Waals surface area contributed by atoms with Gasteiger partial charge < -0.3 is 10.7 Å². The highest BCUT2D eigenvalue weighted by molar-refractivity contribution is 5.91. The number of fused-ring (bicyclic) bond motifs is 1. The minimum atomic E-state index is 0.00690. The molecule has 2 heteroatoms. The molecule has 2 aromatic carbocycles. The van der Waals surface area contributed by atoms with Crippen molar-refractivity contribution in [1.82, 2.24) is 4.98 Å². The van der Waals surface area contributed by atoms with Gasteiger partial charge in [-0.3, -0.25) is 0 Å². The van der Waals surface area contributed by atoms with Gasteiger partial charge in [-0.05, 0) is 25.5 Å². The van der Waals surface area contributed by atoms with E-state index in [1.54, 1.807) is 0 Å². The number of para-hydroxylation sites is 1. The second kappa shape index (κ2) is 4.56. The number of hydrogen-bond donors (Lipinski definition) is 2. The Morgan fingerprint density at radius 3 is 2.37 bits per heavy atom. The molecule has 96 valence electrons. The van der Waals surface area contributed by atoms with Crippen LogP contribution in [0.1, 0.15) is 24.1 Å². The van der Waals surface area contributed by atoms with Crippen molar-refractivity contribution in [2.75, 3.05) is 0 Å². The summed E-state index contributed by atoms with van der Waals surface area (Å²) in [7, 11) is 0. The molecule has 0 amide bonds. The Labute approximate surface area is 113 Å². The van der Waals surface area contributed by atoms with Crippen molar-refractivity contribution in [1.29, 1.82) is 0 Å². The van der Waals surface area contributed by atoms with E-state index >= 15 is 0 Å². The van der Waals surface area contributed by atoms with E-state index < -0.39 is 0 Å². The minimum Gasteiger partial charge on any atom is -0.354 e. The summed E-state index contributed by atoms with van der Waals surface area (Å²) in [6.07, 6.45) is 0. The Bertz CT molecular complexity index is 706. The molecule has 1 heterocycles. The van der Waals surface area contributed by atoms with Crippen molar-refractivity contribution in [3.63, 3.8) is 0 Å². The summed E-state index contributed by atoms with van der Waals surface area (Å²) in [6.45, 7) is 4.13. The van der Waals surface area contributed by atoms with Gasteiger partial charge in [0.2, 0.25) is 0 Å². The van der Waals surface area contributed by atoms with Crippen LogP contribution in [-0.2, 0) is 0 Å². The highest BCUT2D eigenvalue weighted by Crippen LogP contribution is 2.33. The van der Waals surface area contributed by atoms with Crippen LogP contribution in [0, 0.1) is 6.92 Å². The van der Waals surface area contributed by atoms with Crippen LogP contribution in [0.4, 0.5) is 0 Å². The molecule has 0 spiro atoms. The lowest BCUT2D eigenvalue weighted by Crippen LogP contribution is -2.05. The molecule has 0 aliphatic carbocycles. The lowest BCUT2D eigenvalue weighted by molar-refractivity contribution is 0.828. The molecule has 0 aliphatic heterocycles. The maximum absolute atomic E-state index is 6.17. The molecule has 0 saturated heterocycles. The first-order chi connectivity index (χ1) is 9.16. The smallest absolute Gasteiger partial charge is 0.0513 e. The van der Waals surface area contributed by atoms with Crippen molar-refractivity contribution in [3.05, 3.63) is 59.7 Å². The van der Waals surface area contributed by atoms with Gasteiger partial charge in [0, 0.05) is 22.5 Å². The fourth-order valence-corrected chi connectivity index (χ4v) is 2.58. The highest BCUT2D eigenvalue weighted by Gasteiger charge is 2.15. The number of hydrogen-bond acceptors (Lipinski definition) is 1. The van der Waals surface area contributed by atoms with Crippen molar-refractivity contribution < 1.29 is 0 Å². The number of aryl methyl sites for hydroxylation is 1. The first-order valence-corrected chi connectivity index (χ1v) is 6.60. The summed E-state index contributed by atoms with van der Waals surface area (Å²) in [5.74, 6) is 0. The van der Waals surface area contributed by atoms with Crippen LogP contribution >= 0.6 is 0 Å². The largest absolute Gasteiger partial charge is 0.354 e. The van der Waals surface area contributed by atoms with Crippen LogP contribution in [-0.4, -0.2) is 4.98 Å². The number of rotatable bonds is 2. The van der Waals surface area contributed by atoms with Gasteiger partial charge in [0.05, 0.1) is 5.69 Å². The van der Waals surface area contributed by atoms with Gasteiger partial charge in [-0.2, -0.15) is 0 Å². The molecule has 0 aliphatic rings. The van der Waals surface area contributed by atoms with Gasteiger partial charge in [-0.25, -0.2) is 0 Å². The number of aromatic nitrogens is 1.